The Bertz CT molecular complexity index is 1010. The van der Waals surface area contributed by atoms with Crippen LogP contribution in [0.3, 0.4) is 0 Å². The molecule has 0 N–H and O–H groups in total. The third-order valence-corrected chi connectivity index (χ3v) is 6.34. The first kappa shape index (κ1) is 32.9. The maximum Gasteiger partial charge on any atom is 2.00 e. The van der Waals surface area contributed by atoms with Gasteiger partial charge in [-0.25, -0.2) is 0 Å². The first-order valence-corrected chi connectivity index (χ1v) is 13.0. The fourth-order valence-electron chi connectivity index (χ4n) is 3.93. The van der Waals surface area contributed by atoms with Crippen LogP contribution < -0.4 is 10.2 Å². The van der Waals surface area contributed by atoms with Crippen molar-refractivity contribution in [2.75, 3.05) is 26.2 Å². The topological polar surface area (TPSA) is 118 Å². The molecule has 0 spiro atoms. The molecule has 0 aromatic heterocycles. The SMILES string of the molecule is CC1(C)C[N-]CC(C)(OCc2ccccc2)C([O-])=NC(C)(C)C[N-]CC(C)(OCc2ccccc2)C([O-])=N1.[Ni+2]. The predicted molar refractivity (Wildman–Crippen MR) is 148 cm³/mol. The Labute approximate surface area is 243 Å². The van der Waals surface area contributed by atoms with Crippen LogP contribution in [0.4, 0.5) is 0 Å². The van der Waals surface area contributed by atoms with E-state index >= 15 is 0 Å². The van der Waals surface area contributed by atoms with Gasteiger partial charge < -0.3 is 30.3 Å². The molecule has 0 aliphatic carbocycles. The molecular formula is C30H40N4NiO4-2. The average Bonchev–Trinajstić information content (AvgIpc) is 2.86. The van der Waals surface area contributed by atoms with Crippen LogP contribution in [0, 0.1) is 0 Å². The van der Waals surface area contributed by atoms with Crippen molar-refractivity contribution in [2.24, 2.45) is 9.98 Å². The number of aliphatic imine (C=N–C) groups is 2. The molecule has 0 fully saturated rings. The van der Waals surface area contributed by atoms with E-state index in [0.29, 0.717) is 0 Å². The van der Waals surface area contributed by atoms with Crippen LogP contribution in [-0.2, 0) is 39.2 Å². The van der Waals surface area contributed by atoms with E-state index in [-0.39, 0.29) is 67.7 Å². The fourth-order valence-corrected chi connectivity index (χ4v) is 3.93. The normalized spacial score (nSPS) is 25.9. The van der Waals surface area contributed by atoms with Gasteiger partial charge in [-0.1, -0.05) is 60.7 Å². The molecule has 2 aromatic carbocycles. The van der Waals surface area contributed by atoms with Gasteiger partial charge in [-0.2, -0.15) is 0 Å². The molecule has 39 heavy (non-hydrogen) atoms. The number of hydrogen-bond acceptors (Lipinski definition) is 6. The zero-order valence-corrected chi connectivity index (χ0v) is 24.7. The van der Waals surface area contributed by atoms with Gasteiger partial charge in [0.25, 0.3) is 0 Å². The van der Waals surface area contributed by atoms with Crippen LogP contribution in [0.15, 0.2) is 70.6 Å². The van der Waals surface area contributed by atoms with Gasteiger partial charge in [0, 0.05) is 11.1 Å². The summed E-state index contributed by atoms with van der Waals surface area (Å²) in [5, 5.41) is 36.2. The maximum absolute atomic E-state index is 13.4. The van der Waals surface area contributed by atoms with Crippen molar-refractivity contribution in [3.05, 3.63) is 82.4 Å². The monoisotopic (exact) mass is 578 g/mol. The largest absolute Gasteiger partial charge is 2.00 e. The Balaban J connectivity index is 0.00000533. The Kier molecular flexibility index (Phi) is 11.7. The van der Waals surface area contributed by atoms with Gasteiger partial charge in [-0.05, 0) is 64.5 Å². The number of nitrogens with zero attached hydrogens (tertiary/aromatic N) is 4. The molecule has 1 aliphatic heterocycles. The first-order chi connectivity index (χ1) is 17.8. The molecule has 0 saturated carbocycles. The van der Waals surface area contributed by atoms with E-state index in [1.54, 1.807) is 13.8 Å². The zero-order chi connectivity index (χ0) is 27.9. The van der Waals surface area contributed by atoms with Crippen molar-refractivity contribution in [2.45, 2.75) is 77.0 Å². The Morgan fingerprint density at radius 3 is 1.28 bits per heavy atom. The second kappa shape index (κ2) is 13.9. The van der Waals surface area contributed by atoms with E-state index in [9.17, 15) is 10.2 Å². The Hall–Kier alpha value is -2.29. The van der Waals surface area contributed by atoms with Gasteiger partial charge in [0.2, 0.25) is 0 Å². The molecule has 1 aliphatic rings. The summed E-state index contributed by atoms with van der Waals surface area (Å²) >= 11 is 0. The standard InChI is InChI=1S/C30H42N4O4.Ni/c1-27(2)19-31-21-30(6,38-18-24-15-11-8-12-16-24)26(36)34-28(3,4)20-32-22-29(5,25(35)33-27)37-17-23-13-9-7-10-14-23;/h7-16H,17-22H2,1-6H3,(H,33,35)(H,34,36);/q-2;+2/p-2. The second-order valence-corrected chi connectivity index (χ2v) is 11.5. The number of benzene rings is 2. The number of ether oxygens (including phenoxy) is 2. The minimum atomic E-state index is -1.26. The van der Waals surface area contributed by atoms with Crippen molar-refractivity contribution in [1.82, 2.24) is 0 Å². The third kappa shape index (κ3) is 10.00. The number of rotatable bonds is 6. The van der Waals surface area contributed by atoms with Crippen molar-refractivity contribution < 1.29 is 36.2 Å². The molecule has 0 saturated heterocycles. The fraction of sp³-hybridized carbons (Fsp3) is 0.533. The van der Waals surface area contributed by atoms with Gasteiger partial charge in [0.05, 0.1) is 24.4 Å². The molecule has 8 nitrogen and oxygen atoms in total. The second-order valence-electron chi connectivity index (χ2n) is 11.5. The summed E-state index contributed by atoms with van der Waals surface area (Å²) in [5.41, 5.74) is -2.23. The van der Waals surface area contributed by atoms with Gasteiger partial charge >= 0.3 is 16.5 Å². The van der Waals surface area contributed by atoms with E-state index in [1.807, 2.05) is 88.4 Å². The summed E-state index contributed by atoms with van der Waals surface area (Å²) in [4.78, 5) is 8.98. The minimum absolute atomic E-state index is 0. The zero-order valence-electron chi connectivity index (χ0n) is 23.8. The molecule has 2 atom stereocenters. The Morgan fingerprint density at radius 1 is 0.615 bits per heavy atom. The predicted octanol–water partition coefficient (Wildman–Crippen LogP) is 3.77. The summed E-state index contributed by atoms with van der Waals surface area (Å²) in [6, 6.07) is 19.3. The van der Waals surface area contributed by atoms with Crippen LogP contribution in [0.1, 0.15) is 52.7 Å². The van der Waals surface area contributed by atoms with E-state index in [2.05, 4.69) is 20.6 Å². The third-order valence-electron chi connectivity index (χ3n) is 6.34. The smallest absolute Gasteiger partial charge is 0.860 e. The first-order valence-electron chi connectivity index (χ1n) is 13.0. The molecule has 0 amide bonds. The van der Waals surface area contributed by atoms with Crippen LogP contribution in [0.2, 0.25) is 0 Å². The molecule has 9 heteroatoms. The summed E-state index contributed by atoms with van der Waals surface area (Å²) in [6.07, 6.45) is 0. The average molecular weight is 579 g/mol. The number of hydrogen-bond donors (Lipinski definition) is 0. The van der Waals surface area contributed by atoms with Crippen LogP contribution in [0.25, 0.3) is 10.6 Å². The molecule has 0 bridgehead atoms. The molecule has 1 heterocycles. The quantitative estimate of drug-likeness (QED) is 0.485. The van der Waals surface area contributed by atoms with Crippen molar-refractivity contribution in [3.63, 3.8) is 0 Å². The van der Waals surface area contributed by atoms with Crippen LogP contribution >= 0.6 is 0 Å². The summed E-state index contributed by atoms with van der Waals surface area (Å²) < 4.78 is 12.3. The van der Waals surface area contributed by atoms with E-state index < -0.39 is 22.3 Å². The van der Waals surface area contributed by atoms with E-state index in [1.165, 1.54) is 0 Å². The van der Waals surface area contributed by atoms with Gasteiger partial charge in [0.15, 0.2) is 0 Å². The van der Waals surface area contributed by atoms with Gasteiger partial charge in [-0.15, -0.1) is 26.2 Å². The van der Waals surface area contributed by atoms with E-state index in [0.717, 1.165) is 11.1 Å². The maximum atomic E-state index is 13.4. The molecular weight excluding hydrogens is 539 g/mol. The molecule has 0 radical (unpaired) electrons. The molecule has 2 aromatic rings. The van der Waals surface area contributed by atoms with Crippen molar-refractivity contribution in [3.8, 4) is 0 Å². The minimum Gasteiger partial charge on any atom is -0.860 e. The van der Waals surface area contributed by atoms with E-state index in [4.69, 9.17) is 9.47 Å². The van der Waals surface area contributed by atoms with Crippen LogP contribution in [0.5, 0.6) is 0 Å². The van der Waals surface area contributed by atoms with Crippen LogP contribution in [-0.4, -0.2) is 60.3 Å². The summed E-state index contributed by atoms with van der Waals surface area (Å²) in [7, 11) is 0. The molecule has 3 rings (SSSR count). The Morgan fingerprint density at radius 2 is 0.949 bits per heavy atom. The van der Waals surface area contributed by atoms with Gasteiger partial charge in [-0.3, -0.25) is 9.98 Å². The molecule has 216 valence electrons. The summed E-state index contributed by atoms with van der Waals surface area (Å²) in [5.74, 6) is -0.772. The summed E-state index contributed by atoms with van der Waals surface area (Å²) in [6.45, 7) is 11.9. The van der Waals surface area contributed by atoms with Crippen molar-refractivity contribution in [1.29, 1.82) is 0 Å². The molecule has 2 unspecified atom stereocenters. The van der Waals surface area contributed by atoms with Gasteiger partial charge in [0.1, 0.15) is 0 Å². The van der Waals surface area contributed by atoms with Crippen molar-refractivity contribution >= 4 is 11.8 Å².